The van der Waals surface area contributed by atoms with Gasteiger partial charge in [0, 0.05) is 19.6 Å². The Morgan fingerprint density at radius 1 is 0.272 bits per heavy atom. The van der Waals surface area contributed by atoms with Gasteiger partial charge in [-0.15, -0.1) is 6.58 Å². The molecule has 0 aromatic heterocycles. The number of aliphatic carboxylic acids is 2. The minimum Gasteiger partial charge on any atom is -0.481 e. The second kappa shape index (κ2) is 88.1. The molecular weight excluding hydrogens is 1350 g/mol. The first-order valence-electron chi connectivity index (χ1n) is 38.5. The molecule has 0 aliphatic heterocycles. The van der Waals surface area contributed by atoms with Crippen LogP contribution in [-0.4, -0.2) is 339 Å². The number of allylic oxidation sites excluding steroid dienone is 1. The van der Waals surface area contributed by atoms with E-state index in [0.29, 0.717) is 323 Å². The highest BCUT2D eigenvalue weighted by Gasteiger charge is 2.44. The van der Waals surface area contributed by atoms with E-state index >= 15 is 0 Å². The van der Waals surface area contributed by atoms with Crippen LogP contribution in [0, 0.1) is 5.41 Å². The van der Waals surface area contributed by atoms with Crippen LogP contribution in [-0.2, 0) is 123 Å². The van der Waals surface area contributed by atoms with Crippen LogP contribution in [0.2, 0.25) is 0 Å². The van der Waals surface area contributed by atoms with Crippen molar-refractivity contribution in [3.8, 4) is 0 Å². The van der Waals surface area contributed by atoms with Crippen LogP contribution in [0.3, 0.4) is 0 Å². The van der Waals surface area contributed by atoms with Crippen molar-refractivity contribution in [1.82, 2.24) is 5.32 Å². The first-order valence-corrected chi connectivity index (χ1v) is 38.5. The Balaban J connectivity index is 3.44. The fraction of sp³-hybridized carbons (Fsp3) is 0.932. The molecule has 3 N–H and O–H groups in total. The van der Waals surface area contributed by atoms with Crippen molar-refractivity contribution >= 4 is 17.8 Å². The normalized spacial score (nSPS) is 12.2. The molecule has 0 rings (SSSR count). The maximum Gasteiger partial charge on any atom is 0.319 e. The van der Waals surface area contributed by atoms with Gasteiger partial charge in [0.2, 0.25) is 5.91 Å². The molecule has 0 bridgehead atoms. The van der Waals surface area contributed by atoms with Crippen LogP contribution in [0.4, 0.5) is 0 Å². The number of hydrogen-bond acceptors (Lipinski definition) is 26. The van der Waals surface area contributed by atoms with Crippen molar-refractivity contribution in [2.45, 2.75) is 135 Å². The molecule has 29 nitrogen and oxygen atoms in total. The Morgan fingerprint density at radius 3 is 0.650 bits per heavy atom. The molecule has 1 atom stereocenters. The van der Waals surface area contributed by atoms with Gasteiger partial charge >= 0.3 is 11.9 Å². The molecule has 0 aromatic carbocycles. The van der Waals surface area contributed by atoms with Gasteiger partial charge in [0.15, 0.2) is 0 Å². The molecule has 0 saturated heterocycles. The second-order valence-corrected chi connectivity index (χ2v) is 23.8. The van der Waals surface area contributed by atoms with Gasteiger partial charge in [0.1, 0.15) is 5.41 Å². The van der Waals surface area contributed by atoms with E-state index in [4.69, 9.17) is 114 Å². The number of carboxylic acid groups (broad SMARTS) is 2. The lowest BCUT2D eigenvalue weighted by atomic mass is 9.76. The van der Waals surface area contributed by atoms with Gasteiger partial charge in [0.25, 0.3) is 0 Å². The summed E-state index contributed by atoms with van der Waals surface area (Å²) >= 11 is 0. The van der Waals surface area contributed by atoms with Crippen molar-refractivity contribution < 1.29 is 134 Å². The lowest BCUT2D eigenvalue weighted by Gasteiger charge is -2.28. The number of hydrogen-bond donors (Lipinski definition) is 3. The molecule has 0 spiro atoms. The third-order valence-corrected chi connectivity index (χ3v) is 15.2. The van der Waals surface area contributed by atoms with Gasteiger partial charge in [-0.1, -0.05) is 96.5 Å². The largest absolute Gasteiger partial charge is 0.481 e. The first kappa shape index (κ1) is 100. The van der Waals surface area contributed by atoms with E-state index in [0.717, 1.165) is 90.1 Å². The quantitative estimate of drug-likeness (QED) is 0.0299. The Kier molecular flexibility index (Phi) is 85.8. The minimum atomic E-state index is -1.47. The van der Waals surface area contributed by atoms with Gasteiger partial charge in [-0.05, 0) is 38.5 Å². The summed E-state index contributed by atoms with van der Waals surface area (Å²) in [5, 5.41) is 22.1. The second-order valence-electron chi connectivity index (χ2n) is 23.8. The van der Waals surface area contributed by atoms with Crippen LogP contribution >= 0.6 is 0 Å². The van der Waals surface area contributed by atoms with Crippen molar-refractivity contribution in [2.24, 2.45) is 5.41 Å². The van der Waals surface area contributed by atoms with Crippen LogP contribution < -0.4 is 5.32 Å². The number of carboxylic acids is 2. The van der Waals surface area contributed by atoms with E-state index in [1.165, 1.54) is 6.42 Å². The lowest BCUT2D eigenvalue weighted by molar-refractivity contribution is -0.157. The molecule has 0 aliphatic rings. The van der Waals surface area contributed by atoms with E-state index < -0.39 is 23.3 Å². The highest BCUT2D eigenvalue weighted by atomic mass is 16.6. The SMILES string of the molecule is C=CCCCCCCCCCC(CCCCCCCCCCC(=O)O)(C(=O)O)C(=O)NCCOCCOCCOCCOCCOCCOCCOCCOCCOCCOCCOCCOCCOCCOCCOCCOCCOCCOCCOCCOCCOCCOCCOCCC. The van der Waals surface area contributed by atoms with E-state index in [1.807, 2.05) is 6.08 Å². The van der Waals surface area contributed by atoms with Crippen LogP contribution in [0.15, 0.2) is 12.7 Å². The zero-order valence-corrected chi connectivity index (χ0v) is 63.7. The molecule has 1 amide bonds. The molecule has 29 heteroatoms. The van der Waals surface area contributed by atoms with Crippen molar-refractivity contribution in [3.05, 3.63) is 12.7 Å². The predicted molar refractivity (Wildman–Crippen MR) is 388 cm³/mol. The Hall–Kier alpha value is -2.77. The summed E-state index contributed by atoms with van der Waals surface area (Å²) in [4.78, 5) is 37.1. The Morgan fingerprint density at radius 2 is 0.456 bits per heavy atom. The van der Waals surface area contributed by atoms with Gasteiger partial charge in [0.05, 0.1) is 297 Å². The highest BCUT2D eigenvalue weighted by molar-refractivity contribution is 6.01. The zero-order valence-electron chi connectivity index (χ0n) is 63.7. The molecule has 0 heterocycles. The average molecular weight is 1490 g/mol. The van der Waals surface area contributed by atoms with E-state index in [1.54, 1.807) is 0 Å². The summed E-state index contributed by atoms with van der Waals surface area (Å²) in [6, 6.07) is 0. The number of ether oxygens (including phenoxy) is 23. The molecule has 0 radical (unpaired) electrons. The third-order valence-electron chi connectivity index (χ3n) is 15.2. The monoisotopic (exact) mass is 1490 g/mol. The van der Waals surface area contributed by atoms with Crippen LogP contribution in [0.5, 0.6) is 0 Å². The van der Waals surface area contributed by atoms with Crippen molar-refractivity contribution in [2.75, 3.05) is 310 Å². The minimum absolute atomic E-state index is 0.207. The Labute approximate surface area is 618 Å². The maximum atomic E-state index is 13.6. The first-order chi connectivity index (χ1) is 50.9. The molecule has 1 unspecified atom stereocenters. The van der Waals surface area contributed by atoms with Gasteiger partial charge in [-0.3, -0.25) is 14.4 Å². The van der Waals surface area contributed by atoms with Crippen LogP contribution in [0.1, 0.15) is 135 Å². The van der Waals surface area contributed by atoms with Crippen molar-refractivity contribution in [1.29, 1.82) is 0 Å². The number of carbonyl (C=O) groups is 3. The maximum absolute atomic E-state index is 13.6. The number of rotatable bonds is 94. The van der Waals surface area contributed by atoms with Crippen LogP contribution in [0.25, 0.3) is 0 Å². The standard InChI is InChI=1S/C74H143NO28/c1-3-5-6-7-8-10-13-16-19-22-74(73(79)80,23-20-17-14-11-9-12-15-18-21-71(76)77)72(78)75-24-26-82-28-30-84-32-34-86-36-38-88-40-42-90-44-46-92-48-50-94-52-54-96-56-58-98-60-62-100-64-66-102-68-70-103-69-67-101-65-63-99-61-59-97-57-55-95-53-51-93-49-47-91-45-43-89-41-39-87-37-35-85-33-31-83-29-27-81-25-4-2/h3H,1,4-70H2,2H3,(H,75,78)(H,76,77)(H,79,80). The molecule has 0 aliphatic carbocycles. The van der Waals surface area contributed by atoms with Gasteiger partial charge in [-0.2, -0.15) is 0 Å². The third kappa shape index (κ3) is 80.1. The lowest BCUT2D eigenvalue weighted by Crippen LogP contribution is -2.47. The molecule has 0 fully saturated rings. The van der Waals surface area contributed by atoms with E-state index in [2.05, 4.69) is 18.8 Å². The molecule has 0 saturated carbocycles. The molecule has 0 aromatic rings. The molecule has 103 heavy (non-hydrogen) atoms. The smallest absolute Gasteiger partial charge is 0.319 e. The van der Waals surface area contributed by atoms with E-state index in [9.17, 15) is 19.5 Å². The van der Waals surface area contributed by atoms with Gasteiger partial charge in [-0.25, -0.2) is 0 Å². The number of amides is 1. The molecular formula is C74H143NO28. The summed E-state index contributed by atoms with van der Waals surface area (Å²) < 4.78 is 127. The Bertz CT molecular complexity index is 1700. The summed E-state index contributed by atoms with van der Waals surface area (Å²) in [6.45, 7) is 28.0. The predicted octanol–water partition coefficient (Wildman–Crippen LogP) is 7.65. The number of nitrogens with one attached hydrogen (secondary N) is 1. The summed E-state index contributed by atoms with van der Waals surface area (Å²) in [7, 11) is 0. The number of unbranched alkanes of at least 4 members (excludes halogenated alkanes) is 14. The molecule has 612 valence electrons. The highest BCUT2D eigenvalue weighted by Crippen LogP contribution is 2.33. The average Bonchev–Trinajstić information content (AvgIpc) is 0.820. The fourth-order valence-corrected chi connectivity index (χ4v) is 9.52. The number of carbonyl (C=O) groups excluding carboxylic acids is 1. The summed E-state index contributed by atoms with van der Waals surface area (Å²) in [6.07, 6.45) is 19.1. The zero-order chi connectivity index (χ0) is 74.3. The van der Waals surface area contributed by atoms with Gasteiger partial charge < -0.3 is 124 Å². The summed E-state index contributed by atoms with van der Waals surface area (Å²) in [5.41, 5.74) is -1.47. The fourth-order valence-electron chi connectivity index (χ4n) is 9.52. The summed E-state index contributed by atoms with van der Waals surface area (Å²) in [5.74, 6) is -2.26. The topological polar surface area (TPSA) is 316 Å². The van der Waals surface area contributed by atoms with E-state index in [-0.39, 0.29) is 19.6 Å². The van der Waals surface area contributed by atoms with Crippen molar-refractivity contribution in [3.63, 3.8) is 0 Å².